The molecule has 0 aliphatic rings. The van der Waals surface area contributed by atoms with Crippen LogP contribution in [-0.4, -0.2) is 27.2 Å². The summed E-state index contributed by atoms with van der Waals surface area (Å²) >= 11 is 6.42. The summed E-state index contributed by atoms with van der Waals surface area (Å²) < 4.78 is 7.67. The molecule has 0 amide bonds. The fraction of sp³-hybridized carbons (Fsp3) is 0.400. The van der Waals surface area contributed by atoms with E-state index in [2.05, 4.69) is 11.9 Å². The molecule has 2 aromatic rings. The highest BCUT2D eigenvalue weighted by molar-refractivity contribution is 6.31. The molecule has 1 aromatic carbocycles. The lowest BCUT2D eigenvalue weighted by atomic mass is 10.2. The number of carbonyl (C=O) groups is 1. The number of aryl methyl sites for hydroxylation is 1. The summed E-state index contributed by atoms with van der Waals surface area (Å²) in [5.74, 6) is 0.613. The second-order valence-corrected chi connectivity index (χ2v) is 6.66. The largest absolute Gasteiger partial charge is 0.494 e. The highest BCUT2D eigenvalue weighted by Gasteiger charge is 2.10. The van der Waals surface area contributed by atoms with Crippen LogP contribution < -0.4 is 4.74 Å². The van der Waals surface area contributed by atoms with Gasteiger partial charge in [-0.2, -0.15) is 0 Å². The first-order valence-corrected chi connectivity index (χ1v) is 9.15. The van der Waals surface area contributed by atoms with Crippen molar-refractivity contribution in [1.29, 1.82) is 0 Å². The third-order valence-electron chi connectivity index (χ3n) is 4.16. The molecule has 0 bridgehead atoms. The van der Waals surface area contributed by atoms with Crippen LogP contribution in [0.25, 0.3) is 6.08 Å². The number of unbranched alkanes of at least 4 members (excludes halogenated alkanes) is 2. The summed E-state index contributed by atoms with van der Waals surface area (Å²) in [7, 11) is 0. The first kappa shape index (κ1) is 20.0. The molecule has 5 nitrogen and oxygen atoms in total. The lowest BCUT2D eigenvalue weighted by Gasteiger charge is -2.12. The molecular formula is C20H25ClN2O3. The molecule has 6 heteroatoms. The first-order chi connectivity index (χ1) is 12.4. The SMILES string of the molecule is CCCCCOc1ccc(Cn2c(/C=C(\C)C(=O)O)cnc2C)c(Cl)c1. The number of hydrogen-bond acceptors (Lipinski definition) is 3. The molecule has 0 aliphatic carbocycles. The zero-order chi connectivity index (χ0) is 19.1. The smallest absolute Gasteiger partial charge is 0.331 e. The number of ether oxygens (including phenoxy) is 1. The van der Waals surface area contributed by atoms with Crippen LogP contribution in [0.15, 0.2) is 30.0 Å². The summed E-state index contributed by atoms with van der Waals surface area (Å²) in [4.78, 5) is 15.4. The predicted octanol–water partition coefficient (Wildman–Crippen LogP) is 4.95. The zero-order valence-electron chi connectivity index (χ0n) is 15.5. The molecule has 140 valence electrons. The second-order valence-electron chi connectivity index (χ2n) is 6.26. The maximum absolute atomic E-state index is 11.1. The maximum atomic E-state index is 11.1. The van der Waals surface area contributed by atoms with E-state index >= 15 is 0 Å². The van der Waals surface area contributed by atoms with E-state index in [4.69, 9.17) is 21.4 Å². The third-order valence-corrected chi connectivity index (χ3v) is 4.51. The summed E-state index contributed by atoms with van der Waals surface area (Å²) in [5.41, 5.74) is 1.92. The van der Waals surface area contributed by atoms with Gasteiger partial charge in [-0.3, -0.25) is 0 Å². The normalized spacial score (nSPS) is 11.6. The van der Waals surface area contributed by atoms with Crippen LogP contribution in [0.4, 0.5) is 0 Å². The van der Waals surface area contributed by atoms with E-state index in [-0.39, 0.29) is 5.57 Å². The number of nitrogens with zero attached hydrogens (tertiary/aromatic N) is 2. The van der Waals surface area contributed by atoms with Crippen LogP contribution in [0.1, 0.15) is 50.2 Å². The Morgan fingerprint density at radius 2 is 2.15 bits per heavy atom. The molecule has 0 aliphatic heterocycles. The molecule has 1 N–H and O–H groups in total. The fourth-order valence-corrected chi connectivity index (χ4v) is 2.78. The second kappa shape index (κ2) is 9.43. The molecular weight excluding hydrogens is 352 g/mol. The maximum Gasteiger partial charge on any atom is 0.331 e. The van der Waals surface area contributed by atoms with Crippen molar-refractivity contribution in [3.63, 3.8) is 0 Å². The minimum absolute atomic E-state index is 0.257. The van der Waals surface area contributed by atoms with Crippen LogP contribution in [-0.2, 0) is 11.3 Å². The van der Waals surface area contributed by atoms with E-state index in [1.54, 1.807) is 19.2 Å². The van der Waals surface area contributed by atoms with E-state index < -0.39 is 5.97 Å². The van der Waals surface area contributed by atoms with Crippen molar-refractivity contribution in [3.05, 3.63) is 52.1 Å². The van der Waals surface area contributed by atoms with Crippen molar-refractivity contribution < 1.29 is 14.6 Å². The molecule has 1 heterocycles. The molecule has 0 unspecified atom stereocenters. The Morgan fingerprint density at radius 3 is 2.81 bits per heavy atom. The zero-order valence-corrected chi connectivity index (χ0v) is 16.2. The van der Waals surface area contributed by atoms with E-state index in [9.17, 15) is 4.79 Å². The van der Waals surface area contributed by atoms with Gasteiger partial charge in [0.25, 0.3) is 0 Å². The lowest BCUT2D eigenvalue weighted by molar-refractivity contribution is -0.132. The molecule has 0 radical (unpaired) electrons. The Hall–Kier alpha value is -2.27. The quantitative estimate of drug-likeness (QED) is 0.496. The average Bonchev–Trinajstić information content (AvgIpc) is 2.94. The van der Waals surface area contributed by atoms with E-state index in [1.165, 1.54) is 0 Å². The van der Waals surface area contributed by atoms with Gasteiger partial charge in [-0.25, -0.2) is 9.78 Å². The molecule has 26 heavy (non-hydrogen) atoms. The van der Waals surface area contributed by atoms with Crippen molar-refractivity contribution in [2.24, 2.45) is 0 Å². The van der Waals surface area contributed by atoms with E-state index in [0.29, 0.717) is 18.2 Å². The van der Waals surface area contributed by atoms with Crippen molar-refractivity contribution in [3.8, 4) is 5.75 Å². The summed E-state index contributed by atoms with van der Waals surface area (Å²) in [6.45, 7) is 6.80. The molecule has 0 fully saturated rings. The van der Waals surface area contributed by atoms with Crippen LogP contribution in [0.3, 0.4) is 0 Å². The average molecular weight is 377 g/mol. The third kappa shape index (κ3) is 5.36. The molecule has 1 aromatic heterocycles. The van der Waals surface area contributed by atoms with Crippen molar-refractivity contribution in [2.45, 2.75) is 46.6 Å². The number of hydrogen-bond donors (Lipinski definition) is 1. The minimum Gasteiger partial charge on any atom is -0.494 e. The van der Waals surface area contributed by atoms with Crippen LogP contribution in [0, 0.1) is 6.92 Å². The minimum atomic E-state index is -0.946. The summed E-state index contributed by atoms with van der Waals surface area (Å²) in [6, 6.07) is 5.68. The van der Waals surface area contributed by atoms with E-state index in [1.807, 2.05) is 29.7 Å². The van der Waals surface area contributed by atoms with Crippen LogP contribution in [0.2, 0.25) is 5.02 Å². The number of rotatable bonds is 9. The van der Waals surface area contributed by atoms with Gasteiger partial charge in [0.15, 0.2) is 0 Å². The Morgan fingerprint density at radius 1 is 1.38 bits per heavy atom. The first-order valence-electron chi connectivity index (χ1n) is 8.77. The van der Waals surface area contributed by atoms with Crippen molar-refractivity contribution in [1.82, 2.24) is 9.55 Å². The summed E-state index contributed by atoms with van der Waals surface area (Å²) in [5, 5.41) is 9.70. The highest BCUT2D eigenvalue weighted by Crippen LogP contribution is 2.25. The van der Waals surface area contributed by atoms with Gasteiger partial charge in [0, 0.05) is 10.6 Å². The number of carboxylic acids is 1. The van der Waals surface area contributed by atoms with Gasteiger partial charge in [0.2, 0.25) is 0 Å². The predicted molar refractivity (Wildman–Crippen MR) is 104 cm³/mol. The Kier molecular flexibility index (Phi) is 7.27. The van der Waals surface area contributed by atoms with Gasteiger partial charge in [-0.1, -0.05) is 37.4 Å². The van der Waals surface area contributed by atoms with Crippen molar-refractivity contribution >= 4 is 23.6 Å². The standard InChI is InChI=1S/C20H25ClN2O3/c1-4-5-6-9-26-18-8-7-16(19(21)11-18)13-23-15(3)22-12-17(23)10-14(2)20(24)25/h7-8,10-12H,4-6,9,13H2,1-3H3,(H,24,25)/b14-10+. The van der Waals surface area contributed by atoms with Gasteiger partial charge in [0.1, 0.15) is 11.6 Å². The van der Waals surface area contributed by atoms with Crippen LogP contribution in [0.5, 0.6) is 5.75 Å². The molecule has 2 rings (SSSR count). The number of halogens is 1. The molecule has 0 spiro atoms. The van der Waals surface area contributed by atoms with Crippen LogP contribution >= 0.6 is 11.6 Å². The Bertz CT molecular complexity index is 796. The number of aliphatic carboxylic acids is 1. The monoisotopic (exact) mass is 376 g/mol. The number of carboxylic acid groups (broad SMARTS) is 1. The topological polar surface area (TPSA) is 64.3 Å². The molecule has 0 saturated carbocycles. The van der Waals surface area contributed by atoms with Crippen molar-refractivity contribution in [2.75, 3.05) is 6.61 Å². The molecule has 0 atom stereocenters. The number of benzene rings is 1. The van der Waals surface area contributed by atoms with Gasteiger partial charge >= 0.3 is 5.97 Å². The van der Waals surface area contributed by atoms with Gasteiger partial charge in [0.05, 0.1) is 25.0 Å². The highest BCUT2D eigenvalue weighted by atomic mass is 35.5. The lowest BCUT2D eigenvalue weighted by Crippen LogP contribution is -2.06. The number of imidazole rings is 1. The van der Waals surface area contributed by atoms with Gasteiger partial charge < -0.3 is 14.4 Å². The Balaban J connectivity index is 2.15. The van der Waals surface area contributed by atoms with Gasteiger partial charge in [-0.05, 0) is 44.0 Å². The Labute approximate surface area is 159 Å². The van der Waals surface area contributed by atoms with Gasteiger partial charge in [-0.15, -0.1) is 0 Å². The number of aromatic nitrogens is 2. The molecule has 0 saturated heterocycles. The summed E-state index contributed by atoms with van der Waals surface area (Å²) in [6.07, 6.45) is 6.62. The fourth-order valence-electron chi connectivity index (χ4n) is 2.55. The van der Waals surface area contributed by atoms with E-state index in [0.717, 1.165) is 42.1 Å².